The van der Waals surface area contributed by atoms with Crippen LogP contribution in [0.2, 0.25) is 0 Å². The van der Waals surface area contributed by atoms with E-state index in [0.29, 0.717) is 11.7 Å². The van der Waals surface area contributed by atoms with Crippen LogP contribution in [0.4, 0.5) is 0 Å². The Balaban J connectivity index is 1.77. The van der Waals surface area contributed by atoms with E-state index in [9.17, 15) is 0 Å². The predicted molar refractivity (Wildman–Crippen MR) is 92.1 cm³/mol. The van der Waals surface area contributed by atoms with E-state index in [2.05, 4.69) is 27.0 Å². The smallest absolute Gasteiger partial charge is 0.244 e. The summed E-state index contributed by atoms with van der Waals surface area (Å²) in [7, 11) is 3.95. The molecule has 2 heterocycles. The number of aromatic nitrogens is 3. The van der Waals surface area contributed by atoms with Gasteiger partial charge in [0.15, 0.2) is 0 Å². The van der Waals surface area contributed by atoms with Gasteiger partial charge in [0.05, 0.1) is 6.04 Å². The maximum atomic E-state index is 5.34. The van der Waals surface area contributed by atoms with Crippen molar-refractivity contribution < 1.29 is 4.52 Å². The molecule has 0 fully saturated rings. The summed E-state index contributed by atoms with van der Waals surface area (Å²) >= 11 is 0. The molecule has 0 amide bonds. The van der Waals surface area contributed by atoms with Crippen molar-refractivity contribution in [3.05, 3.63) is 65.8 Å². The Morgan fingerprint density at radius 2 is 1.58 bits per heavy atom. The molecule has 0 spiro atoms. The average molecular weight is 318 g/mol. The monoisotopic (exact) mass is 318 g/mol. The van der Waals surface area contributed by atoms with Crippen molar-refractivity contribution in [1.82, 2.24) is 20.0 Å². The molecule has 0 aliphatic rings. The van der Waals surface area contributed by atoms with Crippen molar-refractivity contribution in [2.45, 2.75) is 13.0 Å². The first-order valence-electron chi connectivity index (χ1n) is 7.66. The average Bonchev–Trinajstić information content (AvgIpc) is 3.10. The molecule has 3 rings (SSSR count). The highest BCUT2D eigenvalue weighted by molar-refractivity contribution is 5.56. The topological polar surface area (TPSA) is 55.1 Å². The van der Waals surface area contributed by atoms with Crippen LogP contribution in [-0.2, 0) is 0 Å². The van der Waals surface area contributed by atoms with E-state index in [-0.39, 0.29) is 6.04 Å². The zero-order chi connectivity index (χ0) is 16.9. The summed E-state index contributed by atoms with van der Waals surface area (Å²) in [5, 5.41) is 4.06. The first kappa shape index (κ1) is 15.9. The van der Waals surface area contributed by atoms with Gasteiger partial charge in [-0.1, -0.05) is 17.0 Å². The molecule has 5 heteroatoms. The maximum Gasteiger partial charge on any atom is 0.244 e. The van der Waals surface area contributed by atoms with Crippen LogP contribution >= 0.6 is 0 Å². The molecular weight excluding hydrogens is 300 g/mol. The van der Waals surface area contributed by atoms with Crippen LogP contribution in [0.5, 0.6) is 0 Å². The molecule has 1 unspecified atom stereocenters. The molecule has 0 N–H and O–H groups in total. The quantitative estimate of drug-likeness (QED) is 0.694. The summed E-state index contributed by atoms with van der Waals surface area (Å²) in [6.07, 6.45) is 3.46. The summed E-state index contributed by atoms with van der Waals surface area (Å²) in [6, 6.07) is 11.7. The Hall–Kier alpha value is -2.97. The summed E-state index contributed by atoms with van der Waals surface area (Å²) < 4.78 is 5.34. The van der Waals surface area contributed by atoms with Crippen LogP contribution in [-0.4, -0.2) is 34.1 Å². The highest BCUT2D eigenvalue weighted by atomic mass is 16.5. The molecule has 2 aromatic heterocycles. The number of nitrogens with zero attached hydrogens (tertiary/aromatic N) is 4. The number of benzene rings is 1. The number of rotatable bonds is 3. The van der Waals surface area contributed by atoms with E-state index in [1.807, 2.05) is 62.3 Å². The van der Waals surface area contributed by atoms with Crippen molar-refractivity contribution >= 4 is 0 Å². The molecule has 0 bridgehead atoms. The summed E-state index contributed by atoms with van der Waals surface area (Å²) in [5.74, 6) is 7.43. The first-order valence-corrected chi connectivity index (χ1v) is 7.66. The van der Waals surface area contributed by atoms with Gasteiger partial charge < -0.3 is 4.52 Å². The summed E-state index contributed by atoms with van der Waals surface area (Å²) in [6.45, 7) is 2.02. The molecule has 24 heavy (non-hydrogen) atoms. The van der Waals surface area contributed by atoms with Crippen molar-refractivity contribution in [2.75, 3.05) is 14.1 Å². The minimum atomic E-state index is 0.0803. The van der Waals surface area contributed by atoms with Crippen molar-refractivity contribution in [1.29, 1.82) is 0 Å². The summed E-state index contributed by atoms with van der Waals surface area (Å²) in [5.41, 5.74) is 2.78. The lowest BCUT2D eigenvalue weighted by Crippen LogP contribution is -2.16. The van der Waals surface area contributed by atoms with E-state index in [0.717, 1.165) is 16.7 Å². The summed E-state index contributed by atoms with van der Waals surface area (Å²) in [4.78, 5) is 10.5. The second-order valence-electron chi connectivity index (χ2n) is 5.66. The van der Waals surface area contributed by atoms with Gasteiger partial charge >= 0.3 is 0 Å². The lowest BCUT2D eigenvalue weighted by atomic mass is 10.1. The van der Waals surface area contributed by atoms with Gasteiger partial charge in [0, 0.05) is 29.1 Å². The fourth-order valence-electron chi connectivity index (χ4n) is 2.03. The van der Waals surface area contributed by atoms with E-state index in [4.69, 9.17) is 4.52 Å². The van der Waals surface area contributed by atoms with E-state index in [1.54, 1.807) is 12.4 Å². The fourth-order valence-corrected chi connectivity index (χ4v) is 2.03. The van der Waals surface area contributed by atoms with Crippen molar-refractivity contribution in [2.24, 2.45) is 0 Å². The first-order chi connectivity index (χ1) is 11.6. The molecule has 120 valence electrons. The normalized spacial score (nSPS) is 11.8. The molecule has 0 saturated heterocycles. The van der Waals surface area contributed by atoms with E-state index in [1.165, 1.54) is 0 Å². The Bertz CT molecular complexity index is 858. The standard InChI is InChI=1S/C19H18N4O/c1-14(23(2)3)19-21-18(22-24-19)17-8-6-15(7-9-17)4-5-16-10-12-20-13-11-16/h6-14H,1-3H3. The molecule has 5 nitrogen and oxygen atoms in total. The highest BCUT2D eigenvalue weighted by Gasteiger charge is 2.16. The molecule has 1 aromatic carbocycles. The molecule has 0 saturated carbocycles. The zero-order valence-corrected chi connectivity index (χ0v) is 13.9. The zero-order valence-electron chi connectivity index (χ0n) is 13.9. The van der Waals surface area contributed by atoms with Crippen LogP contribution < -0.4 is 0 Å². The molecular formula is C19H18N4O. The largest absolute Gasteiger partial charge is 0.337 e. The number of hydrogen-bond acceptors (Lipinski definition) is 5. The van der Waals surface area contributed by atoms with E-state index >= 15 is 0 Å². The lowest BCUT2D eigenvalue weighted by Gasteiger charge is -2.14. The van der Waals surface area contributed by atoms with Crippen LogP contribution in [0, 0.1) is 11.8 Å². The Morgan fingerprint density at radius 3 is 2.21 bits per heavy atom. The van der Waals surface area contributed by atoms with Gasteiger partial charge in [-0.25, -0.2) is 0 Å². The second-order valence-corrected chi connectivity index (χ2v) is 5.66. The Labute approximate surface area is 141 Å². The van der Waals surface area contributed by atoms with Crippen molar-refractivity contribution in [3.8, 4) is 23.2 Å². The number of hydrogen-bond donors (Lipinski definition) is 0. The third-order valence-electron chi connectivity index (χ3n) is 3.75. The van der Waals surface area contributed by atoms with Crippen LogP contribution in [0.25, 0.3) is 11.4 Å². The minimum absolute atomic E-state index is 0.0803. The third-order valence-corrected chi connectivity index (χ3v) is 3.75. The fraction of sp³-hybridized carbons (Fsp3) is 0.211. The molecule has 0 aliphatic heterocycles. The molecule has 3 aromatic rings. The van der Waals surface area contributed by atoms with Crippen LogP contribution in [0.1, 0.15) is 30.0 Å². The highest BCUT2D eigenvalue weighted by Crippen LogP contribution is 2.21. The Morgan fingerprint density at radius 1 is 0.958 bits per heavy atom. The second kappa shape index (κ2) is 7.07. The van der Waals surface area contributed by atoms with Gasteiger partial charge in [-0.2, -0.15) is 4.98 Å². The van der Waals surface area contributed by atoms with Crippen LogP contribution in [0.15, 0.2) is 53.3 Å². The van der Waals surface area contributed by atoms with Crippen LogP contribution in [0.3, 0.4) is 0 Å². The minimum Gasteiger partial charge on any atom is -0.337 e. The van der Waals surface area contributed by atoms with Gasteiger partial charge in [0.25, 0.3) is 0 Å². The van der Waals surface area contributed by atoms with E-state index < -0.39 is 0 Å². The van der Waals surface area contributed by atoms with Gasteiger partial charge in [-0.15, -0.1) is 0 Å². The molecule has 1 atom stereocenters. The third kappa shape index (κ3) is 3.67. The Kier molecular flexibility index (Phi) is 4.69. The van der Waals surface area contributed by atoms with Gasteiger partial charge in [-0.3, -0.25) is 9.88 Å². The number of pyridine rings is 1. The SMILES string of the molecule is CC(c1nc(-c2ccc(C#Cc3ccncc3)cc2)no1)N(C)C. The van der Waals surface area contributed by atoms with Gasteiger partial charge in [0.1, 0.15) is 0 Å². The predicted octanol–water partition coefficient (Wildman–Crippen LogP) is 3.15. The molecule has 0 aliphatic carbocycles. The maximum absolute atomic E-state index is 5.34. The van der Waals surface area contributed by atoms with Gasteiger partial charge in [-0.05, 0) is 57.4 Å². The molecule has 0 radical (unpaired) electrons. The lowest BCUT2D eigenvalue weighted by molar-refractivity contribution is 0.245. The van der Waals surface area contributed by atoms with Gasteiger partial charge in [0.2, 0.25) is 11.7 Å². The van der Waals surface area contributed by atoms with Crippen molar-refractivity contribution in [3.63, 3.8) is 0 Å².